The van der Waals surface area contributed by atoms with Gasteiger partial charge >= 0.3 is 0 Å². The largest absolute Gasteiger partial charge is 0.494 e. The highest BCUT2D eigenvalue weighted by Crippen LogP contribution is 2.21. The molecule has 0 bridgehead atoms. The van der Waals surface area contributed by atoms with Crippen LogP contribution in [-0.2, 0) is 6.54 Å². The van der Waals surface area contributed by atoms with Crippen molar-refractivity contribution in [2.45, 2.75) is 52.1 Å². The zero-order chi connectivity index (χ0) is 13.6. The summed E-state index contributed by atoms with van der Waals surface area (Å²) in [5.74, 6) is -0.00150. The van der Waals surface area contributed by atoms with Crippen molar-refractivity contribution in [2.24, 2.45) is 0 Å². The zero-order valence-corrected chi connectivity index (χ0v) is 11.8. The lowest BCUT2D eigenvalue weighted by atomic mass is 9.89. The van der Waals surface area contributed by atoms with E-state index in [0.717, 1.165) is 24.8 Å². The quantitative estimate of drug-likeness (QED) is 0.796. The van der Waals surface area contributed by atoms with Crippen molar-refractivity contribution < 1.29 is 9.13 Å². The number of nitrogens with one attached hydrogen (secondary N) is 1. The van der Waals surface area contributed by atoms with Crippen LogP contribution >= 0.6 is 0 Å². The molecule has 0 fully saturated rings. The molecular formula is C15H24FNO. The van der Waals surface area contributed by atoms with Crippen LogP contribution in [0.2, 0.25) is 0 Å². The van der Waals surface area contributed by atoms with Crippen LogP contribution in [0.3, 0.4) is 0 Å². The Bertz CT molecular complexity index is 366. The van der Waals surface area contributed by atoms with Gasteiger partial charge in [-0.15, -0.1) is 0 Å². The Balaban J connectivity index is 2.71. The van der Waals surface area contributed by atoms with Crippen molar-refractivity contribution in [2.75, 3.05) is 7.11 Å². The fourth-order valence-electron chi connectivity index (χ4n) is 2.23. The van der Waals surface area contributed by atoms with Crippen LogP contribution in [0.5, 0.6) is 5.75 Å². The average Bonchev–Trinajstić information content (AvgIpc) is 2.41. The summed E-state index contributed by atoms with van der Waals surface area (Å²) in [6.45, 7) is 7.26. The maximum absolute atomic E-state index is 13.6. The molecule has 3 heteroatoms. The lowest BCUT2D eigenvalue weighted by molar-refractivity contribution is 0.287. The summed E-state index contributed by atoms with van der Waals surface area (Å²) >= 11 is 0. The number of benzene rings is 1. The summed E-state index contributed by atoms with van der Waals surface area (Å²) in [5.41, 5.74) is 1.11. The first kappa shape index (κ1) is 15.0. The van der Waals surface area contributed by atoms with E-state index in [2.05, 4.69) is 26.1 Å². The molecule has 0 unspecified atom stereocenters. The first-order chi connectivity index (χ1) is 8.60. The Labute approximate surface area is 110 Å². The van der Waals surface area contributed by atoms with E-state index in [4.69, 9.17) is 4.74 Å². The summed E-state index contributed by atoms with van der Waals surface area (Å²) < 4.78 is 18.5. The Hall–Kier alpha value is -1.09. The molecule has 1 aromatic rings. The van der Waals surface area contributed by atoms with Crippen LogP contribution in [-0.4, -0.2) is 12.6 Å². The molecule has 0 saturated carbocycles. The van der Waals surface area contributed by atoms with E-state index in [0.29, 0.717) is 12.3 Å². The number of halogens is 1. The van der Waals surface area contributed by atoms with Crippen LogP contribution in [0.1, 0.15) is 45.6 Å². The van der Waals surface area contributed by atoms with Crippen molar-refractivity contribution >= 4 is 0 Å². The Morgan fingerprint density at radius 3 is 2.22 bits per heavy atom. The predicted octanol–water partition coefficient (Wildman–Crippen LogP) is 3.89. The minimum atomic E-state index is -0.299. The van der Waals surface area contributed by atoms with Gasteiger partial charge < -0.3 is 10.1 Å². The molecule has 1 N–H and O–H groups in total. The van der Waals surface area contributed by atoms with Gasteiger partial charge in [0.2, 0.25) is 0 Å². The second kappa shape index (κ2) is 6.74. The summed E-state index contributed by atoms with van der Waals surface area (Å²) in [5, 5.41) is 3.56. The van der Waals surface area contributed by atoms with E-state index in [-0.39, 0.29) is 11.4 Å². The molecule has 1 aromatic carbocycles. The first-order valence-corrected chi connectivity index (χ1v) is 6.68. The van der Waals surface area contributed by atoms with Crippen molar-refractivity contribution in [3.05, 3.63) is 29.6 Å². The standard InChI is InChI=1S/C15H24FNO/c1-5-15(6-2,7-3)17-11-12-8-9-14(18-4)13(16)10-12/h8-10,17H,5-7,11H2,1-4H3. The molecular weight excluding hydrogens is 229 g/mol. The van der Waals surface area contributed by atoms with E-state index in [1.54, 1.807) is 6.07 Å². The topological polar surface area (TPSA) is 21.3 Å². The molecule has 0 heterocycles. The number of ether oxygens (including phenoxy) is 1. The molecule has 102 valence electrons. The normalized spacial score (nSPS) is 11.6. The van der Waals surface area contributed by atoms with Gasteiger partial charge in [0.15, 0.2) is 11.6 Å². The molecule has 0 aliphatic carbocycles. The summed E-state index contributed by atoms with van der Waals surface area (Å²) in [6.07, 6.45) is 3.25. The maximum Gasteiger partial charge on any atom is 0.165 e. The van der Waals surface area contributed by atoms with Crippen LogP contribution in [0.4, 0.5) is 4.39 Å². The van der Waals surface area contributed by atoms with Gasteiger partial charge in [-0.2, -0.15) is 0 Å². The van der Waals surface area contributed by atoms with E-state index in [1.165, 1.54) is 13.2 Å². The van der Waals surface area contributed by atoms with Crippen LogP contribution in [0.25, 0.3) is 0 Å². The Morgan fingerprint density at radius 1 is 1.17 bits per heavy atom. The highest BCUT2D eigenvalue weighted by atomic mass is 19.1. The molecule has 0 amide bonds. The van der Waals surface area contributed by atoms with Crippen molar-refractivity contribution in [1.82, 2.24) is 5.32 Å². The van der Waals surface area contributed by atoms with E-state index in [9.17, 15) is 4.39 Å². The lowest BCUT2D eigenvalue weighted by Crippen LogP contribution is -2.43. The van der Waals surface area contributed by atoms with Crippen LogP contribution < -0.4 is 10.1 Å². The zero-order valence-electron chi connectivity index (χ0n) is 11.8. The van der Waals surface area contributed by atoms with Gasteiger partial charge in [0.05, 0.1) is 7.11 Å². The van der Waals surface area contributed by atoms with Crippen molar-refractivity contribution in [1.29, 1.82) is 0 Å². The van der Waals surface area contributed by atoms with Crippen LogP contribution in [0, 0.1) is 5.82 Å². The third kappa shape index (κ3) is 3.45. The minimum Gasteiger partial charge on any atom is -0.494 e. The number of rotatable bonds is 7. The van der Waals surface area contributed by atoms with Gasteiger partial charge in [0.1, 0.15) is 0 Å². The maximum atomic E-state index is 13.6. The third-order valence-electron chi connectivity index (χ3n) is 3.91. The lowest BCUT2D eigenvalue weighted by Gasteiger charge is -2.32. The van der Waals surface area contributed by atoms with E-state index < -0.39 is 0 Å². The highest BCUT2D eigenvalue weighted by molar-refractivity contribution is 5.29. The molecule has 18 heavy (non-hydrogen) atoms. The molecule has 0 aliphatic rings. The molecule has 0 spiro atoms. The second-order valence-corrected chi connectivity index (χ2v) is 4.66. The average molecular weight is 253 g/mol. The molecule has 0 atom stereocenters. The summed E-state index contributed by atoms with van der Waals surface area (Å²) in [7, 11) is 1.48. The van der Waals surface area contributed by atoms with Crippen molar-refractivity contribution in [3.63, 3.8) is 0 Å². The molecule has 0 aromatic heterocycles. The SMILES string of the molecule is CCC(CC)(CC)NCc1ccc(OC)c(F)c1. The van der Waals surface area contributed by atoms with Gasteiger partial charge in [-0.1, -0.05) is 26.8 Å². The second-order valence-electron chi connectivity index (χ2n) is 4.66. The van der Waals surface area contributed by atoms with Crippen LogP contribution in [0.15, 0.2) is 18.2 Å². The summed E-state index contributed by atoms with van der Waals surface area (Å²) in [6, 6.07) is 5.12. The number of hydrogen-bond acceptors (Lipinski definition) is 2. The molecule has 1 rings (SSSR count). The van der Waals surface area contributed by atoms with Gasteiger partial charge in [-0.25, -0.2) is 4.39 Å². The fourth-order valence-corrected chi connectivity index (χ4v) is 2.23. The monoisotopic (exact) mass is 253 g/mol. The van der Waals surface area contributed by atoms with Gasteiger partial charge in [0, 0.05) is 12.1 Å². The molecule has 0 aliphatic heterocycles. The van der Waals surface area contributed by atoms with Gasteiger partial charge in [-0.05, 0) is 37.0 Å². The predicted molar refractivity (Wildman–Crippen MR) is 73.4 cm³/mol. The Morgan fingerprint density at radius 2 is 1.78 bits per heavy atom. The molecule has 0 saturated heterocycles. The third-order valence-corrected chi connectivity index (χ3v) is 3.91. The first-order valence-electron chi connectivity index (χ1n) is 6.68. The Kier molecular flexibility index (Phi) is 5.60. The minimum absolute atomic E-state index is 0.163. The van der Waals surface area contributed by atoms with E-state index >= 15 is 0 Å². The molecule has 2 nitrogen and oxygen atoms in total. The highest BCUT2D eigenvalue weighted by Gasteiger charge is 2.22. The summed E-state index contributed by atoms with van der Waals surface area (Å²) in [4.78, 5) is 0. The van der Waals surface area contributed by atoms with Crippen molar-refractivity contribution in [3.8, 4) is 5.75 Å². The fraction of sp³-hybridized carbons (Fsp3) is 0.600. The van der Waals surface area contributed by atoms with E-state index in [1.807, 2.05) is 6.07 Å². The number of methoxy groups -OCH3 is 1. The van der Waals surface area contributed by atoms with Gasteiger partial charge in [0.25, 0.3) is 0 Å². The van der Waals surface area contributed by atoms with Gasteiger partial charge in [-0.3, -0.25) is 0 Å². The number of hydrogen-bond donors (Lipinski definition) is 1. The molecule has 0 radical (unpaired) electrons. The smallest absolute Gasteiger partial charge is 0.165 e.